The van der Waals surface area contributed by atoms with E-state index in [-0.39, 0.29) is 34.4 Å². The third-order valence-electron chi connectivity index (χ3n) is 5.36. The van der Waals surface area contributed by atoms with Gasteiger partial charge in [-0.15, -0.1) is 3.63 Å². The highest BCUT2D eigenvalue weighted by atomic mass is 32.3. The van der Waals surface area contributed by atoms with Gasteiger partial charge < -0.3 is 5.11 Å². The Bertz CT molecular complexity index is 1670. The molecule has 0 aromatic heterocycles. The molecule has 18 heteroatoms. The number of phenols is 1. The van der Waals surface area contributed by atoms with Crippen LogP contribution in [0.2, 0.25) is 0 Å². The van der Waals surface area contributed by atoms with E-state index < -0.39 is 31.3 Å². The third kappa shape index (κ3) is 8.02. The van der Waals surface area contributed by atoms with E-state index >= 15 is 0 Å². The molecule has 2 aromatic rings. The molecule has 0 aliphatic heterocycles. The van der Waals surface area contributed by atoms with E-state index in [1.54, 1.807) is 26.0 Å². The van der Waals surface area contributed by atoms with E-state index in [1.807, 2.05) is 16.6 Å². The molecule has 10 nitrogen and oxygen atoms in total. The van der Waals surface area contributed by atoms with Gasteiger partial charge in [-0.3, -0.25) is 19.2 Å². The van der Waals surface area contributed by atoms with E-state index in [1.165, 1.54) is 30.4 Å². The molecule has 0 unspecified atom stereocenters. The average molecular weight is 657 g/mol. The molecule has 43 heavy (non-hydrogen) atoms. The maximum absolute atomic E-state index is 11.7. The van der Waals surface area contributed by atoms with Crippen LogP contribution >= 0.6 is 0 Å². The van der Waals surface area contributed by atoms with Crippen LogP contribution in [0.15, 0.2) is 59.7 Å². The lowest BCUT2D eigenvalue weighted by Crippen LogP contribution is -2.34. The quantitative estimate of drug-likeness (QED) is 0.352. The molecule has 0 amide bonds. The summed E-state index contributed by atoms with van der Waals surface area (Å²) in [7, 11) is -13.7. The summed E-state index contributed by atoms with van der Waals surface area (Å²) in [6.07, 6.45) is 2.70. The number of alkyl halides is 6. The number of aromatic hydroxyl groups is 1. The van der Waals surface area contributed by atoms with Crippen LogP contribution in [0.4, 0.5) is 26.3 Å². The number of phenolic OH excluding ortho intramolecular Hbond substituents is 1. The van der Waals surface area contributed by atoms with Crippen LogP contribution in [0.1, 0.15) is 60.8 Å². The Morgan fingerprint density at radius 1 is 0.605 bits per heavy atom. The van der Waals surface area contributed by atoms with Gasteiger partial charge in [0.1, 0.15) is 5.75 Å². The highest BCUT2D eigenvalue weighted by Crippen LogP contribution is 2.32. The molecule has 0 saturated heterocycles. The first-order valence-electron chi connectivity index (χ1n) is 11.2. The van der Waals surface area contributed by atoms with Gasteiger partial charge in [-0.2, -0.15) is 43.2 Å². The van der Waals surface area contributed by atoms with Gasteiger partial charge in [0.25, 0.3) is 0 Å². The van der Waals surface area contributed by atoms with Crippen molar-refractivity contribution in [2.75, 3.05) is 0 Å². The van der Waals surface area contributed by atoms with Crippen molar-refractivity contribution in [1.82, 2.24) is 0 Å². The van der Waals surface area contributed by atoms with Crippen LogP contribution < -0.4 is 0 Å². The fraction of sp³-hybridized carbons (Fsp3) is 0.200. The minimum absolute atomic E-state index is 0.00199. The number of benzene rings is 2. The van der Waals surface area contributed by atoms with Crippen molar-refractivity contribution >= 4 is 43.4 Å². The summed E-state index contributed by atoms with van der Waals surface area (Å²) in [6, 6.07) is 9.53. The first kappa shape index (κ1) is 35.0. The Morgan fingerprint density at radius 3 is 1.37 bits per heavy atom. The second kappa shape index (κ2) is 12.2. The van der Waals surface area contributed by atoms with Crippen LogP contribution in [-0.2, 0) is 23.9 Å². The molecule has 0 fully saturated rings. The molecular weight excluding hydrogens is 638 g/mol. The summed E-state index contributed by atoms with van der Waals surface area (Å²) in [5.41, 5.74) is -8.86. The SMILES string of the molecule is CC1=CC(=O)c2cc(C)ccc2C1=O.CC1=CC(=O)c2cc(O)ccc2C1=O.O=S(=O)(OS(=O)(=O)C(F)(F)F)C(F)(F)F. The molecule has 2 aliphatic rings. The molecular formula is C25H18F6O10S2. The second-order valence-electron chi connectivity index (χ2n) is 8.69. The molecule has 1 N–H and O–H groups in total. The average Bonchev–Trinajstić information content (AvgIpc) is 2.85. The van der Waals surface area contributed by atoms with Crippen LogP contribution in [0.5, 0.6) is 5.75 Å². The summed E-state index contributed by atoms with van der Waals surface area (Å²) in [5, 5.41) is 9.17. The van der Waals surface area contributed by atoms with Crippen LogP contribution in [0, 0.1) is 6.92 Å². The van der Waals surface area contributed by atoms with Crippen molar-refractivity contribution in [2.24, 2.45) is 0 Å². The maximum Gasteiger partial charge on any atom is 0.524 e. The zero-order valence-electron chi connectivity index (χ0n) is 21.8. The van der Waals surface area contributed by atoms with Gasteiger partial charge >= 0.3 is 31.3 Å². The highest BCUT2D eigenvalue weighted by molar-refractivity contribution is 8.00. The Balaban J connectivity index is 0.000000225. The minimum Gasteiger partial charge on any atom is -0.508 e. The number of rotatable bonds is 2. The number of allylic oxidation sites excluding steroid dienone is 4. The number of ketones is 4. The van der Waals surface area contributed by atoms with E-state index in [0.29, 0.717) is 27.8 Å². The first-order chi connectivity index (χ1) is 19.4. The molecule has 0 heterocycles. The predicted molar refractivity (Wildman–Crippen MR) is 135 cm³/mol. The molecule has 0 atom stereocenters. The van der Waals surface area contributed by atoms with Crippen LogP contribution in [0.3, 0.4) is 0 Å². The van der Waals surface area contributed by atoms with Crippen LogP contribution in [0.25, 0.3) is 0 Å². The first-order valence-corrected chi connectivity index (χ1v) is 14.0. The smallest absolute Gasteiger partial charge is 0.508 e. The molecule has 0 spiro atoms. The summed E-state index contributed by atoms with van der Waals surface area (Å²) < 4.78 is 110. The topological polar surface area (TPSA) is 166 Å². The number of carbonyl (C=O) groups excluding carboxylic acids is 4. The standard InChI is InChI=1S/C12H10O2.C11H8O3.C2F6O5S2/c1-7-3-4-9-10(5-7)11(13)6-8(2)12(9)14;1-6-4-10(13)9-5-7(12)2-3-8(9)11(6)14;3-1(4,5)14(9,10)13-15(11,12)2(6,7)8/h3-6H,1-2H3;2-5,12H,1H3;. The molecule has 0 radical (unpaired) electrons. The zero-order valence-corrected chi connectivity index (χ0v) is 23.5. The lowest BCUT2D eigenvalue weighted by Gasteiger charge is -2.12. The van der Waals surface area contributed by atoms with E-state index in [2.05, 4.69) is 0 Å². The van der Waals surface area contributed by atoms with Crippen molar-refractivity contribution in [3.8, 4) is 5.75 Å². The van der Waals surface area contributed by atoms with Crippen molar-refractivity contribution in [1.29, 1.82) is 0 Å². The number of hydrogen-bond acceptors (Lipinski definition) is 10. The monoisotopic (exact) mass is 656 g/mol. The summed E-state index contributed by atoms with van der Waals surface area (Å²) in [6.45, 7) is 5.18. The largest absolute Gasteiger partial charge is 0.524 e. The zero-order chi connectivity index (χ0) is 33.3. The fourth-order valence-corrected chi connectivity index (χ4v) is 4.85. The normalized spacial score (nSPS) is 15.2. The minimum atomic E-state index is -6.85. The molecule has 0 bridgehead atoms. The van der Waals surface area contributed by atoms with Crippen molar-refractivity contribution < 1.29 is 71.1 Å². The second-order valence-corrected chi connectivity index (χ2v) is 12.0. The lowest BCUT2D eigenvalue weighted by atomic mass is 9.89. The van der Waals surface area contributed by atoms with Gasteiger partial charge in [0.2, 0.25) is 0 Å². The fourth-order valence-electron chi connectivity index (χ4n) is 3.29. The number of fused-ring (bicyclic) bond motifs is 2. The Morgan fingerprint density at radius 2 is 0.977 bits per heavy atom. The Kier molecular flexibility index (Phi) is 9.95. The van der Waals surface area contributed by atoms with Gasteiger partial charge in [0, 0.05) is 33.4 Å². The van der Waals surface area contributed by atoms with Gasteiger partial charge in [0.05, 0.1) is 0 Å². The molecule has 4 rings (SSSR count). The predicted octanol–water partition coefficient (Wildman–Crippen LogP) is 4.74. The van der Waals surface area contributed by atoms with Crippen LogP contribution in [-0.4, -0.2) is 56.1 Å². The summed E-state index contributed by atoms with van der Waals surface area (Å²) in [4.78, 5) is 46.2. The molecule has 0 saturated carbocycles. The number of aryl methyl sites for hydroxylation is 1. The molecule has 2 aliphatic carbocycles. The van der Waals surface area contributed by atoms with Crippen molar-refractivity contribution in [3.63, 3.8) is 0 Å². The number of carbonyl (C=O) groups is 4. The number of halogens is 6. The van der Waals surface area contributed by atoms with Crippen molar-refractivity contribution in [2.45, 2.75) is 31.8 Å². The Labute approximate surface area is 239 Å². The van der Waals surface area contributed by atoms with Crippen molar-refractivity contribution in [3.05, 3.63) is 87.5 Å². The highest BCUT2D eigenvalue weighted by Gasteiger charge is 2.57. The van der Waals surface area contributed by atoms with Gasteiger partial charge in [-0.05, 0) is 57.2 Å². The molecule has 232 valence electrons. The van der Waals surface area contributed by atoms with Gasteiger partial charge in [-0.1, -0.05) is 17.7 Å². The van der Waals surface area contributed by atoms with Gasteiger partial charge in [0.15, 0.2) is 23.1 Å². The third-order valence-corrected chi connectivity index (χ3v) is 7.92. The number of Topliss-reactive ketones (excluding diaryl/α,β-unsaturated/α-hetero) is 2. The van der Waals surface area contributed by atoms with E-state index in [0.717, 1.165) is 5.56 Å². The lowest BCUT2D eigenvalue weighted by molar-refractivity contribution is -0.0586. The summed E-state index contributed by atoms with van der Waals surface area (Å²) >= 11 is 0. The number of hydrogen-bond donors (Lipinski definition) is 1. The van der Waals surface area contributed by atoms with E-state index in [4.69, 9.17) is 0 Å². The summed E-state index contributed by atoms with van der Waals surface area (Å²) in [5.74, 6) is -0.495. The molecule has 2 aromatic carbocycles. The maximum atomic E-state index is 11.7. The Hall–Kier alpha value is -4.16. The van der Waals surface area contributed by atoms with Gasteiger partial charge in [-0.25, -0.2) is 0 Å². The van der Waals surface area contributed by atoms with E-state index in [9.17, 15) is 67.5 Å².